The summed E-state index contributed by atoms with van der Waals surface area (Å²) in [5.74, 6) is 2.93. The third-order valence-corrected chi connectivity index (χ3v) is 7.62. The molecular formula is C29H36N4O3. The molecule has 0 bridgehead atoms. The summed E-state index contributed by atoms with van der Waals surface area (Å²) in [6.45, 7) is 7.31. The lowest BCUT2D eigenvalue weighted by Crippen LogP contribution is -2.54. The van der Waals surface area contributed by atoms with Gasteiger partial charge in [-0.2, -0.15) is 5.26 Å². The maximum Gasteiger partial charge on any atom is 0.225 e. The minimum atomic E-state index is 0.0454. The number of anilines is 1. The molecule has 1 aromatic carbocycles. The number of carbonyl (C=O) groups excluding carboxylic acids is 1. The highest BCUT2D eigenvalue weighted by Crippen LogP contribution is 2.46. The van der Waals surface area contributed by atoms with E-state index in [2.05, 4.69) is 36.9 Å². The summed E-state index contributed by atoms with van der Waals surface area (Å²) in [7, 11) is 1.62. The molecule has 1 aromatic heterocycles. The Morgan fingerprint density at radius 1 is 1.17 bits per heavy atom. The normalized spacial score (nSPS) is 19.8. The third-order valence-electron chi connectivity index (χ3n) is 7.62. The molecule has 0 spiro atoms. The smallest absolute Gasteiger partial charge is 0.225 e. The van der Waals surface area contributed by atoms with Crippen LogP contribution in [0.2, 0.25) is 0 Å². The highest BCUT2D eigenvalue weighted by Gasteiger charge is 2.34. The van der Waals surface area contributed by atoms with Crippen LogP contribution in [0.3, 0.4) is 0 Å². The highest BCUT2D eigenvalue weighted by molar-refractivity contribution is 5.79. The van der Waals surface area contributed by atoms with Crippen LogP contribution in [0.15, 0.2) is 24.3 Å². The van der Waals surface area contributed by atoms with Crippen molar-refractivity contribution in [1.82, 2.24) is 9.88 Å². The number of carbonyl (C=O) groups is 1. The lowest BCUT2D eigenvalue weighted by Gasteiger charge is -2.41. The zero-order chi connectivity index (χ0) is 25.2. The molecule has 1 aliphatic heterocycles. The van der Waals surface area contributed by atoms with E-state index in [-0.39, 0.29) is 11.9 Å². The van der Waals surface area contributed by atoms with E-state index in [0.29, 0.717) is 44.1 Å². The molecule has 1 saturated heterocycles. The fraction of sp³-hybridized carbons (Fsp3) is 0.552. The van der Waals surface area contributed by atoms with Crippen molar-refractivity contribution < 1.29 is 14.3 Å². The molecule has 1 amide bonds. The first-order valence-electron chi connectivity index (χ1n) is 13.2. The number of pyridine rings is 1. The molecule has 0 N–H and O–H groups in total. The number of rotatable bonds is 9. The van der Waals surface area contributed by atoms with Crippen LogP contribution in [-0.4, -0.2) is 61.8 Å². The fourth-order valence-electron chi connectivity index (χ4n) is 5.16. The highest BCUT2D eigenvalue weighted by atomic mass is 16.5. The summed E-state index contributed by atoms with van der Waals surface area (Å²) in [6, 6.07) is 10.8. The topological polar surface area (TPSA) is 78.7 Å². The first-order valence-corrected chi connectivity index (χ1v) is 13.2. The lowest BCUT2D eigenvalue weighted by atomic mass is 9.93. The lowest BCUT2D eigenvalue weighted by molar-refractivity contribution is -0.134. The summed E-state index contributed by atoms with van der Waals surface area (Å²) in [6.07, 6.45) is 5.20. The van der Waals surface area contributed by atoms with Gasteiger partial charge in [0, 0.05) is 44.3 Å². The van der Waals surface area contributed by atoms with Gasteiger partial charge in [-0.05, 0) is 68.7 Å². The number of piperazine rings is 1. The molecule has 2 aliphatic carbocycles. The van der Waals surface area contributed by atoms with Gasteiger partial charge >= 0.3 is 0 Å². The molecule has 1 atom stereocenters. The van der Waals surface area contributed by atoms with Gasteiger partial charge in [0.2, 0.25) is 5.91 Å². The molecule has 3 fully saturated rings. The maximum atomic E-state index is 12.6. The van der Waals surface area contributed by atoms with Crippen LogP contribution in [0.1, 0.15) is 61.8 Å². The number of nitrogens with zero attached hydrogens (tertiary/aromatic N) is 4. The van der Waals surface area contributed by atoms with Crippen LogP contribution in [0.4, 0.5) is 5.82 Å². The van der Waals surface area contributed by atoms with E-state index < -0.39 is 0 Å². The summed E-state index contributed by atoms with van der Waals surface area (Å²) < 4.78 is 11.0. The van der Waals surface area contributed by atoms with E-state index in [1.54, 1.807) is 7.11 Å². The van der Waals surface area contributed by atoms with Gasteiger partial charge in [-0.25, -0.2) is 4.98 Å². The van der Waals surface area contributed by atoms with Crippen LogP contribution in [0.5, 0.6) is 5.75 Å². The quantitative estimate of drug-likeness (QED) is 0.511. The number of hydrogen-bond donors (Lipinski definition) is 0. The number of benzene rings is 1. The summed E-state index contributed by atoms with van der Waals surface area (Å²) >= 11 is 0. The molecule has 1 unspecified atom stereocenters. The van der Waals surface area contributed by atoms with Gasteiger partial charge in [0.25, 0.3) is 0 Å². The standard InChI is InChI=1S/C29H36N4O3/c1-19-17-32(13-14-33(19)26(34)12-15-35-3)29-25(16-30)20(2)27(28(31-29)23-6-7-23)22-8-10-24(11-9-22)36-18-21-4-5-21/h8-11,19,21,23H,4-7,12-15,17-18H2,1-3H3. The van der Waals surface area contributed by atoms with Gasteiger partial charge < -0.3 is 19.3 Å². The first-order chi connectivity index (χ1) is 17.5. The Hall–Kier alpha value is -3.11. The van der Waals surface area contributed by atoms with E-state index in [1.165, 1.54) is 12.8 Å². The Balaban J connectivity index is 1.41. The summed E-state index contributed by atoms with van der Waals surface area (Å²) in [4.78, 5) is 21.9. The number of hydrogen-bond acceptors (Lipinski definition) is 6. The third kappa shape index (κ3) is 5.19. The van der Waals surface area contributed by atoms with Crippen LogP contribution in [-0.2, 0) is 9.53 Å². The second-order valence-electron chi connectivity index (χ2n) is 10.5. The van der Waals surface area contributed by atoms with Gasteiger partial charge in [-0.15, -0.1) is 0 Å². The Morgan fingerprint density at radius 2 is 1.92 bits per heavy atom. The second-order valence-corrected chi connectivity index (χ2v) is 10.5. The minimum absolute atomic E-state index is 0.0454. The SMILES string of the molecule is COCCC(=O)N1CCN(c2nc(C3CC3)c(-c3ccc(OCC4CC4)cc3)c(C)c2C#N)CC1C. The van der Waals surface area contributed by atoms with Crippen molar-refractivity contribution in [2.24, 2.45) is 5.92 Å². The zero-order valence-electron chi connectivity index (χ0n) is 21.6. The van der Waals surface area contributed by atoms with Gasteiger partial charge in [0.05, 0.1) is 30.9 Å². The van der Waals surface area contributed by atoms with Crippen LogP contribution in [0.25, 0.3) is 11.1 Å². The number of methoxy groups -OCH3 is 1. The van der Waals surface area contributed by atoms with E-state index in [4.69, 9.17) is 14.5 Å². The van der Waals surface area contributed by atoms with E-state index >= 15 is 0 Å². The van der Waals surface area contributed by atoms with Crippen molar-refractivity contribution in [1.29, 1.82) is 5.26 Å². The van der Waals surface area contributed by atoms with Gasteiger partial charge in [0.1, 0.15) is 17.6 Å². The fourth-order valence-corrected chi connectivity index (χ4v) is 5.16. The van der Waals surface area contributed by atoms with E-state index in [1.807, 2.05) is 17.0 Å². The first kappa shape index (κ1) is 24.6. The monoisotopic (exact) mass is 488 g/mol. The molecular weight excluding hydrogens is 452 g/mol. The zero-order valence-corrected chi connectivity index (χ0v) is 21.6. The molecule has 2 saturated carbocycles. The van der Waals surface area contributed by atoms with Crippen molar-refractivity contribution in [3.05, 3.63) is 41.1 Å². The molecule has 2 heterocycles. The van der Waals surface area contributed by atoms with Crippen LogP contribution >= 0.6 is 0 Å². The molecule has 2 aromatic rings. The predicted molar refractivity (Wildman–Crippen MR) is 139 cm³/mol. The Labute approximate surface area is 214 Å². The number of aromatic nitrogens is 1. The Kier molecular flexibility index (Phi) is 7.15. The largest absolute Gasteiger partial charge is 0.493 e. The molecule has 190 valence electrons. The molecule has 7 nitrogen and oxygen atoms in total. The van der Waals surface area contributed by atoms with Crippen LogP contribution < -0.4 is 9.64 Å². The molecule has 0 radical (unpaired) electrons. The van der Waals surface area contributed by atoms with Crippen molar-refractivity contribution >= 4 is 11.7 Å². The van der Waals surface area contributed by atoms with Gasteiger partial charge in [-0.3, -0.25) is 4.79 Å². The summed E-state index contributed by atoms with van der Waals surface area (Å²) in [5, 5.41) is 10.2. The van der Waals surface area contributed by atoms with E-state index in [9.17, 15) is 10.1 Å². The average molecular weight is 489 g/mol. The number of nitriles is 1. The molecule has 5 rings (SSSR count). The maximum absolute atomic E-state index is 12.6. The van der Waals surface area contributed by atoms with E-state index in [0.717, 1.165) is 59.3 Å². The Morgan fingerprint density at radius 3 is 2.53 bits per heavy atom. The summed E-state index contributed by atoms with van der Waals surface area (Å²) in [5.41, 5.74) is 4.90. The predicted octanol–water partition coefficient (Wildman–Crippen LogP) is 4.67. The minimum Gasteiger partial charge on any atom is -0.493 e. The number of ether oxygens (including phenoxy) is 2. The van der Waals surface area contributed by atoms with Gasteiger partial charge in [0.15, 0.2) is 0 Å². The molecule has 36 heavy (non-hydrogen) atoms. The van der Waals surface area contributed by atoms with Crippen molar-refractivity contribution in [2.75, 3.05) is 44.9 Å². The van der Waals surface area contributed by atoms with Crippen molar-refractivity contribution in [3.63, 3.8) is 0 Å². The van der Waals surface area contributed by atoms with Crippen molar-refractivity contribution in [2.45, 2.75) is 57.9 Å². The Bertz CT molecular complexity index is 1150. The van der Waals surface area contributed by atoms with Crippen molar-refractivity contribution in [3.8, 4) is 22.9 Å². The second kappa shape index (κ2) is 10.5. The van der Waals surface area contributed by atoms with Gasteiger partial charge in [-0.1, -0.05) is 12.1 Å². The average Bonchev–Trinajstić information content (AvgIpc) is 3.80. The van der Waals surface area contributed by atoms with Crippen LogP contribution in [0, 0.1) is 24.2 Å². The number of amides is 1. The molecule has 3 aliphatic rings. The molecule has 7 heteroatoms.